The van der Waals surface area contributed by atoms with Crippen LogP contribution in [0.1, 0.15) is 5.56 Å². The normalized spacial score (nSPS) is 10.4. The van der Waals surface area contributed by atoms with E-state index in [1.807, 2.05) is 0 Å². The van der Waals surface area contributed by atoms with Gasteiger partial charge in [0, 0.05) is 6.07 Å². The van der Waals surface area contributed by atoms with Crippen molar-refractivity contribution in [3.63, 3.8) is 0 Å². The lowest BCUT2D eigenvalue weighted by molar-refractivity contribution is 0.584. The Morgan fingerprint density at radius 2 is 2.00 bits per heavy atom. The van der Waals surface area contributed by atoms with Gasteiger partial charge >= 0.3 is 0 Å². The lowest BCUT2D eigenvalue weighted by Gasteiger charge is -2.09. The molecule has 0 aliphatic rings. The number of rotatable bonds is 2. The van der Waals surface area contributed by atoms with Gasteiger partial charge < -0.3 is 5.32 Å². The molecule has 0 atom stereocenters. The Morgan fingerprint density at radius 3 is 2.71 bits per heavy atom. The highest BCUT2D eigenvalue weighted by Crippen LogP contribution is 2.25. The van der Waals surface area contributed by atoms with E-state index in [1.54, 1.807) is 6.92 Å². The summed E-state index contributed by atoms with van der Waals surface area (Å²) in [4.78, 5) is 7.68. The minimum atomic E-state index is -0.664. The number of aryl methyl sites for hydroxylation is 1. The van der Waals surface area contributed by atoms with Crippen LogP contribution in [0.25, 0.3) is 0 Å². The number of hydrogen-bond acceptors (Lipinski definition) is 3. The van der Waals surface area contributed by atoms with Gasteiger partial charge in [0.1, 0.15) is 28.3 Å². The summed E-state index contributed by atoms with van der Waals surface area (Å²) in [5, 5.41) is 2.59. The van der Waals surface area contributed by atoms with Gasteiger partial charge in [-0.15, -0.1) is 0 Å². The van der Waals surface area contributed by atoms with Crippen LogP contribution in [0.4, 0.5) is 20.3 Å². The van der Waals surface area contributed by atoms with Crippen LogP contribution >= 0.6 is 15.9 Å². The summed E-state index contributed by atoms with van der Waals surface area (Å²) in [6.07, 6.45) is 1.29. The standard InChI is InChI=1S/C11H8BrF2N3/c1-6-2-3-7(13)11(10(6)14)17-9-4-8(12)15-5-16-9/h2-5H,1H3,(H,15,16,17). The van der Waals surface area contributed by atoms with Crippen LogP contribution in [0, 0.1) is 18.6 Å². The predicted octanol–water partition coefficient (Wildman–Crippen LogP) is 3.57. The van der Waals surface area contributed by atoms with Crippen LogP contribution in [-0.2, 0) is 0 Å². The van der Waals surface area contributed by atoms with Crippen molar-refractivity contribution in [1.82, 2.24) is 9.97 Å². The molecule has 1 aromatic carbocycles. The van der Waals surface area contributed by atoms with Gasteiger partial charge in [-0.25, -0.2) is 18.7 Å². The molecule has 1 aromatic heterocycles. The number of benzene rings is 1. The summed E-state index contributed by atoms with van der Waals surface area (Å²) < 4.78 is 27.7. The fourth-order valence-electron chi connectivity index (χ4n) is 1.30. The summed E-state index contributed by atoms with van der Waals surface area (Å²) >= 11 is 3.15. The van der Waals surface area contributed by atoms with E-state index in [9.17, 15) is 8.78 Å². The molecule has 1 N–H and O–H groups in total. The third kappa shape index (κ3) is 2.58. The van der Waals surface area contributed by atoms with E-state index in [0.29, 0.717) is 16.0 Å². The third-order valence-electron chi connectivity index (χ3n) is 2.17. The smallest absolute Gasteiger partial charge is 0.152 e. The highest BCUT2D eigenvalue weighted by atomic mass is 79.9. The molecular weight excluding hydrogens is 292 g/mol. The molecule has 0 amide bonds. The molecule has 88 valence electrons. The van der Waals surface area contributed by atoms with E-state index < -0.39 is 11.6 Å². The molecule has 0 saturated carbocycles. The molecule has 0 aliphatic carbocycles. The SMILES string of the molecule is Cc1ccc(F)c(Nc2cc(Br)ncn2)c1F. The maximum atomic E-state index is 13.7. The van der Waals surface area contributed by atoms with Crippen molar-refractivity contribution in [2.24, 2.45) is 0 Å². The van der Waals surface area contributed by atoms with E-state index in [1.165, 1.54) is 24.5 Å². The number of hydrogen-bond donors (Lipinski definition) is 1. The van der Waals surface area contributed by atoms with Crippen LogP contribution in [0.15, 0.2) is 29.1 Å². The Balaban J connectivity index is 2.39. The zero-order chi connectivity index (χ0) is 12.4. The van der Waals surface area contributed by atoms with Crippen LogP contribution in [0.3, 0.4) is 0 Å². The van der Waals surface area contributed by atoms with E-state index in [-0.39, 0.29) is 5.69 Å². The Hall–Kier alpha value is -1.56. The second-order valence-corrected chi connectivity index (χ2v) is 4.22. The highest BCUT2D eigenvalue weighted by molar-refractivity contribution is 9.10. The minimum Gasteiger partial charge on any atom is -0.335 e. The number of nitrogens with zero attached hydrogens (tertiary/aromatic N) is 2. The van der Waals surface area contributed by atoms with Crippen LogP contribution < -0.4 is 5.32 Å². The third-order valence-corrected chi connectivity index (χ3v) is 2.60. The summed E-state index contributed by atoms with van der Waals surface area (Å²) in [6.45, 7) is 1.57. The Morgan fingerprint density at radius 1 is 1.24 bits per heavy atom. The van der Waals surface area contributed by atoms with E-state index >= 15 is 0 Å². The first-order valence-corrected chi connectivity index (χ1v) is 5.56. The summed E-state index contributed by atoms with van der Waals surface area (Å²) in [6, 6.07) is 4.12. The van der Waals surface area contributed by atoms with Crippen molar-refractivity contribution < 1.29 is 8.78 Å². The molecule has 0 saturated heterocycles. The molecule has 1 heterocycles. The highest BCUT2D eigenvalue weighted by Gasteiger charge is 2.12. The Bertz CT molecular complexity index is 560. The molecule has 0 spiro atoms. The molecule has 3 nitrogen and oxygen atoms in total. The lowest BCUT2D eigenvalue weighted by atomic mass is 10.2. The zero-order valence-corrected chi connectivity index (χ0v) is 10.4. The second-order valence-electron chi connectivity index (χ2n) is 3.40. The average molecular weight is 300 g/mol. The van der Waals surface area contributed by atoms with E-state index in [4.69, 9.17) is 0 Å². The van der Waals surface area contributed by atoms with Crippen molar-refractivity contribution in [2.45, 2.75) is 6.92 Å². The van der Waals surface area contributed by atoms with Gasteiger partial charge in [-0.1, -0.05) is 6.07 Å². The van der Waals surface area contributed by atoms with Gasteiger partial charge in [-0.3, -0.25) is 0 Å². The second kappa shape index (κ2) is 4.75. The van der Waals surface area contributed by atoms with Gasteiger partial charge in [0.15, 0.2) is 5.82 Å². The van der Waals surface area contributed by atoms with Gasteiger partial charge in [0.05, 0.1) is 0 Å². The lowest BCUT2D eigenvalue weighted by Crippen LogP contribution is -2.01. The molecule has 0 aliphatic heterocycles. The van der Waals surface area contributed by atoms with Crippen molar-refractivity contribution in [3.8, 4) is 0 Å². The molecule has 6 heteroatoms. The minimum absolute atomic E-state index is 0.212. The van der Waals surface area contributed by atoms with E-state index in [0.717, 1.165) is 0 Å². The number of aromatic nitrogens is 2. The number of anilines is 2. The Kier molecular flexibility index (Phi) is 3.33. The van der Waals surface area contributed by atoms with E-state index in [2.05, 4.69) is 31.2 Å². The van der Waals surface area contributed by atoms with Gasteiger partial charge in [0.25, 0.3) is 0 Å². The fraction of sp³-hybridized carbons (Fsp3) is 0.0909. The largest absolute Gasteiger partial charge is 0.335 e. The van der Waals surface area contributed by atoms with Crippen molar-refractivity contribution >= 4 is 27.4 Å². The fourth-order valence-corrected chi connectivity index (χ4v) is 1.61. The van der Waals surface area contributed by atoms with Gasteiger partial charge in [-0.2, -0.15) is 0 Å². The molecule has 2 aromatic rings. The number of nitrogens with one attached hydrogen (secondary N) is 1. The van der Waals surface area contributed by atoms with Gasteiger partial charge in [0.2, 0.25) is 0 Å². The first-order chi connectivity index (χ1) is 8.08. The molecule has 0 bridgehead atoms. The first-order valence-electron chi connectivity index (χ1n) is 4.77. The Labute approximate surface area is 105 Å². The molecule has 17 heavy (non-hydrogen) atoms. The number of halogens is 3. The monoisotopic (exact) mass is 299 g/mol. The molecule has 0 radical (unpaired) electrons. The summed E-state index contributed by atoms with van der Waals surface area (Å²) in [5.74, 6) is -0.974. The average Bonchev–Trinajstić information content (AvgIpc) is 2.30. The maximum absolute atomic E-state index is 13.7. The summed E-state index contributed by atoms with van der Waals surface area (Å²) in [5.41, 5.74) is 0.151. The van der Waals surface area contributed by atoms with Crippen molar-refractivity contribution in [2.75, 3.05) is 5.32 Å². The topological polar surface area (TPSA) is 37.8 Å². The van der Waals surface area contributed by atoms with Crippen LogP contribution in [-0.4, -0.2) is 9.97 Å². The predicted molar refractivity (Wildman–Crippen MR) is 64.1 cm³/mol. The molecule has 2 rings (SSSR count). The van der Waals surface area contributed by atoms with Crippen LogP contribution in [0.2, 0.25) is 0 Å². The molecule has 0 fully saturated rings. The molecule has 0 unspecified atom stereocenters. The summed E-state index contributed by atoms with van der Waals surface area (Å²) in [7, 11) is 0. The first kappa shape index (κ1) is 11.9. The van der Waals surface area contributed by atoms with Crippen molar-refractivity contribution in [3.05, 3.63) is 46.3 Å². The quantitative estimate of drug-likeness (QED) is 0.862. The van der Waals surface area contributed by atoms with Crippen molar-refractivity contribution in [1.29, 1.82) is 0 Å². The molecular formula is C11H8BrF2N3. The van der Waals surface area contributed by atoms with Crippen LogP contribution in [0.5, 0.6) is 0 Å². The van der Waals surface area contributed by atoms with Gasteiger partial charge in [-0.05, 0) is 34.5 Å². The zero-order valence-electron chi connectivity index (χ0n) is 8.84. The maximum Gasteiger partial charge on any atom is 0.152 e.